The highest BCUT2D eigenvalue weighted by molar-refractivity contribution is 7.80. The second-order valence-corrected chi connectivity index (χ2v) is 10.8. The van der Waals surface area contributed by atoms with Gasteiger partial charge in [0.25, 0.3) is 0 Å². The summed E-state index contributed by atoms with van der Waals surface area (Å²) >= 11 is 12.3. The molecule has 0 bridgehead atoms. The summed E-state index contributed by atoms with van der Waals surface area (Å²) in [4.78, 5) is 6.89. The van der Waals surface area contributed by atoms with Gasteiger partial charge in [-0.2, -0.15) is 0 Å². The normalized spacial score (nSPS) is 16.7. The Morgan fingerprint density at radius 1 is 0.850 bits per heavy atom. The number of anilines is 1. The van der Waals surface area contributed by atoms with Crippen molar-refractivity contribution in [2.75, 3.05) is 4.90 Å². The van der Waals surface area contributed by atoms with Gasteiger partial charge in [0, 0.05) is 34.0 Å². The summed E-state index contributed by atoms with van der Waals surface area (Å²) in [6.07, 6.45) is 1.83. The van der Waals surface area contributed by atoms with Gasteiger partial charge in [-0.15, -0.1) is 0 Å². The number of rotatable bonds is 6. The number of ether oxygens (including phenoxy) is 1. The summed E-state index contributed by atoms with van der Waals surface area (Å²) < 4.78 is 8.41. The standard InChI is InChI=1S/C33H29ClN4OS/c1-21-9-4-5-13-30(21)39-27-16-14-25(15-17-27)38-32(31(36-33(38)40)29-12-6-7-18-35-29)28-19-22(2)37(23(28)3)26-11-8-10-24(34)20-26/h4-20,31-32H,1-3H3,(H,36,40). The van der Waals surface area contributed by atoms with Crippen LogP contribution in [0.25, 0.3) is 5.69 Å². The minimum Gasteiger partial charge on any atom is -0.457 e. The average molecular weight is 565 g/mol. The van der Waals surface area contributed by atoms with Gasteiger partial charge in [0.05, 0.1) is 17.8 Å². The molecule has 200 valence electrons. The second kappa shape index (κ2) is 10.8. The first-order valence-corrected chi connectivity index (χ1v) is 14.0. The zero-order valence-electron chi connectivity index (χ0n) is 22.5. The third kappa shape index (κ3) is 4.85. The van der Waals surface area contributed by atoms with E-state index in [0.29, 0.717) is 10.1 Å². The molecule has 1 aliphatic heterocycles. The SMILES string of the molecule is Cc1ccccc1Oc1ccc(N2C(=S)NC(c3ccccn3)C2c2cc(C)n(-c3cccc(Cl)c3)c2C)cc1. The molecule has 2 unspecified atom stereocenters. The van der Waals surface area contributed by atoms with Crippen molar-refractivity contribution in [3.8, 4) is 17.2 Å². The summed E-state index contributed by atoms with van der Waals surface area (Å²) in [5.74, 6) is 1.61. The van der Waals surface area contributed by atoms with Crippen molar-refractivity contribution in [3.05, 3.63) is 136 Å². The van der Waals surface area contributed by atoms with E-state index in [2.05, 4.69) is 52.9 Å². The van der Waals surface area contributed by atoms with E-state index in [4.69, 9.17) is 33.5 Å². The molecule has 5 nitrogen and oxygen atoms in total. The van der Waals surface area contributed by atoms with Crippen molar-refractivity contribution in [1.82, 2.24) is 14.9 Å². The van der Waals surface area contributed by atoms with Crippen molar-refractivity contribution in [2.24, 2.45) is 0 Å². The lowest BCUT2D eigenvalue weighted by molar-refractivity contribution is 0.479. The maximum atomic E-state index is 6.36. The minimum atomic E-state index is -0.134. The first kappa shape index (κ1) is 26.1. The Hall–Kier alpha value is -4.13. The zero-order valence-corrected chi connectivity index (χ0v) is 24.1. The molecule has 2 atom stereocenters. The molecular weight excluding hydrogens is 536 g/mol. The van der Waals surface area contributed by atoms with Crippen molar-refractivity contribution < 1.29 is 4.74 Å². The second-order valence-electron chi connectivity index (χ2n) is 10.00. The van der Waals surface area contributed by atoms with Crippen LogP contribution in [0.2, 0.25) is 5.02 Å². The highest BCUT2D eigenvalue weighted by Crippen LogP contribution is 2.44. The highest BCUT2D eigenvalue weighted by atomic mass is 35.5. The molecule has 5 aromatic rings. The molecule has 1 fully saturated rings. The minimum absolute atomic E-state index is 0.121. The number of aromatic nitrogens is 2. The first-order chi connectivity index (χ1) is 19.4. The third-order valence-corrected chi connectivity index (χ3v) is 7.94. The largest absolute Gasteiger partial charge is 0.457 e. The van der Waals surface area contributed by atoms with E-state index in [0.717, 1.165) is 45.5 Å². The summed E-state index contributed by atoms with van der Waals surface area (Å²) in [6, 6.07) is 32.0. The molecule has 2 aromatic heterocycles. The molecule has 40 heavy (non-hydrogen) atoms. The summed E-state index contributed by atoms with van der Waals surface area (Å²) in [5, 5.41) is 4.93. The lowest BCUT2D eigenvalue weighted by Crippen LogP contribution is -2.29. The molecule has 3 aromatic carbocycles. The Morgan fingerprint density at radius 2 is 1.62 bits per heavy atom. The monoisotopic (exact) mass is 564 g/mol. The Bertz CT molecular complexity index is 1680. The van der Waals surface area contributed by atoms with Gasteiger partial charge in [0.1, 0.15) is 11.5 Å². The molecule has 6 rings (SSSR count). The molecule has 0 aliphatic carbocycles. The molecular formula is C33H29ClN4OS. The van der Waals surface area contributed by atoms with Crippen molar-refractivity contribution in [1.29, 1.82) is 0 Å². The number of nitrogens with one attached hydrogen (secondary N) is 1. The maximum Gasteiger partial charge on any atom is 0.174 e. The lowest BCUT2D eigenvalue weighted by atomic mass is 9.96. The van der Waals surface area contributed by atoms with Crippen LogP contribution in [-0.4, -0.2) is 14.7 Å². The van der Waals surface area contributed by atoms with Gasteiger partial charge in [-0.25, -0.2) is 0 Å². The van der Waals surface area contributed by atoms with E-state index in [1.165, 1.54) is 5.56 Å². The number of nitrogens with zero attached hydrogens (tertiary/aromatic N) is 3. The third-order valence-electron chi connectivity index (χ3n) is 7.39. The predicted octanol–water partition coefficient (Wildman–Crippen LogP) is 8.42. The van der Waals surface area contributed by atoms with Crippen molar-refractivity contribution in [2.45, 2.75) is 32.9 Å². The highest BCUT2D eigenvalue weighted by Gasteiger charge is 2.42. The summed E-state index contributed by atoms with van der Waals surface area (Å²) in [5.41, 5.74) is 7.44. The maximum absolute atomic E-state index is 6.36. The molecule has 1 saturated heterocycles. The number of pyridine rings is 1. The topological polar surface area (TPSA) is 42.3 Å². The Morgan fingerprint density at radius 3 is 2.35 bits per heavy atom. The molecule has 0 spiro atoms. The quantitative estimate of drug-likeness (QED) is 0.210. The Kier molecular flexibility index (Phi) is 7.05. The molecule has 0 amide bonds. The number of halogens is 1. The van der Waals surface area contributed by atoms with Crippen LogP contribution in [0.3, 0.4) is 0 Å². The number of benzene rings is 3. The number of thiocarbonyl (C=S) groups is 1. The van der Waals surface area contributed by atoms with E-state index in [1.807, 2.05) is 85.9 Å². The molecule has 0 saturated carbocycles. The van der Waals surface area contributed by atoms with Crippen LogP contribution in [0.15, 0.2) is 103 Å². The van der Waals surface area contributed by atoms with E-state index in [1.54, 1.807) is 0 Å². The van der Waals surface area contributed by atoms with Crippen LogP contribution < -0.4 is 15.0 Å². The van der Waals surface area contributed by atoms with Gasteiger partial charge in [0.15, 0.2) is 5.11 Å². The number of hydrogen-bond acceptors (Lipinski definition) is 3. The van der Waals surface area contributed by atoms with Gasteiger partial charge < -0.3 is 19.5 Å². The van der Waals surface area contributed by atoms with Crippen LogP contribution in [0, 0.1) is 20.8 Å². The molecule has 1 aliphatic rings. The fourth-order valence-electron chi connectivity index (χ4n) is 5.52. The van der Waals surface area contributed by atoms with Crippen LogP contribution in [0.4, 0.5) is 5.69 Å². The van der Waals surface area contributed by atoms with E-state index in [-0.39, 0.29) is 12.1 Å². The van der Waals surface area contributed by atoms with E-state index >= 15 is 0 Å². The van der Waals surface area contributed by atoms with Gasteiger partial charge in [-0.3, -0.25) is 4.98 Å². The van der Waals surface area contributed by atoms with E-state index in [9.17, 15) is 0 Å². The van der Waals surface area contributed by atoms with Gasteiger partial charge >= 0.3 is 0 Å². The average Bonchev–Trinajstić information content (AvgIpc) is 3.45. The lowest BCUT2D eigenvalue weighted by Gasteiger charge is -2.28. The van der Waals surface area contributed by atoms with Gasteiger partial charge in [-0.1, -0.05) is 41.9 Å². The predicted molar refractivity (Wildman–Crippen MR) is 166 cm³/mol. The van der Waals surface area contributed by atoms with E-state index < -0.39 is 0 Å². The smallest absolute Gasteiger partial charge is 0.174 e. The number of hydrogen-bond donors (Lipinski definition) is 1. The van der Waals surface area contributed by atoms with Crippen LogP contribution in [0.5, 0.6) is 11.5 Å². The van der Waals surface area contributed by atoms with Gasteiger partial charge in [-0.05, 0) is 111 Å². The van der Waals surface area contributed by atoms with Crippen molar-refractivity contribution >= 4 is 34.6 Å². The first-order valence-electron chi connectivity index (χ1n) is 13.2. The summed E-state index contributed by atoms with van der Waals surface area (Å²) in [6.45, 7) is 6.31. The van der Waals surface area contributed by atoms with Crippen LogP contribution in [0.1, 0.15) is 40.3 Å². The molecule has 0 radical (unpaired) electrons. The van der Waals surface area contributed by atoms with Gasteiger partial charge in [0.2, 0.25) is 0 Å². The number of aryl methyl sites for hydroxylation is 2. The van der Waals surface area contributed by atoms with Crippen LogP contribution >= 0.6 is 23.8 Å². The van der Waals surface area contributed by atoms with Crippen molar-refractivity contribution in [3.63, 3.8) is 0 Å². The van der Waals surface area contributed by atoms with Crippen LogP contribution in [-0.2, 0) is 0 Å². The number of para-hydroxylation sites is 1. The molecule has 7 heteroatoms. The Labute approximate surface area is 245 Å². The zero-order chi connectivity index (χ0) is 27.8. The molecule has 3 heterocycles. The molecule has 1 N–H and O–H groups in total. The fraction of sp³-hybridized carbons (Fsp3) is 0.152. The Balaban J connectivity index is 1.42. The summed E-state index contributed by atoms with van der Waals surface area (Å²) in [7, 11) is 0. The fourth-order valence-corrected chi connectivity index (χ4v) is 6.05.